The van der Waals surface area contributed by atoms with E-state index in [-0.39, 0.29) is 0 Å². The van der Waals surface area contributed by atoms with Crippen LogP contribution in [-0.2, 0) is 0 Å². The highest BCUT2D eigenvalue weighted by Gasteiger charge is 2.08. The summed E-state index contributed by atoms with van der Waals surface area (Å²) in [5.41, 5.74) is 3.41. The molecule has 2 heterocycles. The van der Waals surface area contributed by atoms with E-state index < -0.39 is 0 Å². The lowest BCUT2D eigenvalue weighted by atomic mass is 10.1. The van der Waals surface area contributed by atoms with Crippen molar-refractivity contribution < 1.29 is 0 Å². The van der Waals surface area contributed by atoms with Crippen molar-refractivity contribution in [2.75, 3.05) is 0 Å². The quantitative estimate of drug-likeness (QED) is 0.394. The molecule has 2 aromatic heterocycles. The number of aromatic nitrogens is 2. The second-order valence-corrected chi connectivity index (χ2v) is 6.90. The molecule has 0 aliphatic heterocycles. The Bertz CT molecular complexity index is 1150. The molecule has 24 heavy (non-hydrogen) atoms. The van der Waals surface area contributed by atoms with Crippen LogP contribution in [0.25, 0.3) is 37.0 Å². The predicted molar refractivity (Wildman–Crippen MR) is 102 cm³/mol. The Hall–Kier alpha value is -2.91. The maximum atomic E-state index is 4.51. The molecule has 0 amide bonds. The van der Waals surface area contributed by atoms with Crippen molar-refractivity contribution in [1.29, 1.82) is 0 Å². The molecular formula is C21H14N2S. The Labute approximate surface area is 143 Å². The molecule has 0 atom stereocenters. The topological polar surface area (TPSA) is 17.8 Å². The predicted octanol–water partition coefficient (Wildman–Crippen LogP) is 5.91. The molecule has 0 fully saturated rings. The zero-order valence-electron chi connectivity index (χ0n) is 12.9. The summed E-state index contributed by atoms with van der Waals surface area (Å²) in [6.45, 7) is 0. The molecule has 5 rings (SSSR count). The van der Waals surface area contributed by atoms with Gasteiger partial charge in [0.2, 0.25) is 0 Å². The van der Waals surface area contributed by atoms with Crippen molar-refractivity contribution in [2.24, 2.45) is 0 Å². The summed E-state index contributed by atoms with van der Waals surface area (Å²) in [5, 5.41) is 7.16. The number of thiophene rings is 1. The van der Waals surface area contributed by atoms with Crippen LogP contribution in [0.15, 0.2) is 85.2 Å². The van der Waals surface area contributed by atoms with E-state index in [1.807, 2.05) is 40.4 Å². The average Bonchev–Trinajstić information content (AvgIpc) is 3.27. The summed E-state index contributed by atoms with van der Waals surface area (Å²) in [7, 11) is 0. The normalized spacial score (nSPS) is 11.3. The van der Waals surface area contributed by atoms with Gasteiger partial charge in [0.05, 0.1) is 11.9 Å². The summed E-state index contributed by atoms with van der Waals surface area (Å²) in [6, 6.07) is 25.5. The van der Waals surface area contributed by atoms with Crippen LogP contribution in [-0.4, -0.2) is 9.78 Å². The Kier molecular flexibility index (Phi) is 3.00. The van der Waals surface area contributed by atoms with Gasteiger partial charge >= 0.3 is 0 Å². The smallest absolute Gasteiger partial charge is 0.0645 e. The summed E-state index contributed by atoms with van der Waals surface area (Å²) < 4.78 is 4.59. The number of benzene rings is 3. The first kappa shape index (κ1) is 13.5. The summed E-state index contributed by atoms with van der Waals surface area (Å²) in [5.74, 6) is 0. The molecular weight excluding hydrogens is 312 g/mol. The molecule has 3 heteroatoms. The molecule has 0 saturated carbocycles. The van der Waals surface area contributed by atoms with E-state index in [1.165, 1.54) is 25.7 Å². The molecule has 0 radical (unpaired) electrons. The Morgan fingerprint density at radius 2 is 1.50 bits per heavy atom. The number of fused-ring (bicyclic) bond motifs is 3. The zero-order chi connectivity index (χ0) is 15.9. The van der Waals surface area contributed by atoms with Crippen LogP contribution in [0.2, 0.25) is 0 Å². The van der Waals surface area contributed by atoms with E-state index in [2.05, 4.69) is 65.9 Å². The summed E-state index contributed by atoms with van der Waals surface area (Å²) in [4.78, 5) is 0. The van der Waals surface area contributed by atoms with E-state index >= 15 is 0 Å². The number of para-hydroxylation sites is 1. The third-order valence-electron chi connectivity index (χ3n) is 4.31. The van der Waals surface area contributed by atoms with Crippen LogP contribution in [0, 0.1) is 0 Å². The van der Waals surface area contributed by atoms with E-state index in [1.54, 1.807) is 0 Å². The first-order chi connectivity index (χ1) is 11.9. The molecule has 0 unspecified atom stereocenters. The average molecular weight is 326 g/mol. The fraction of sp³-hybridized carbons (Fsp3) is 0. The van der Waals surface area contributed by atoms with E-state index in [4.69, 9.17) is 0 Å². The minimum atomic E-state index is 1.07. The SMILES string of the molecule is c1ccc(-n2cc(-c3ccc4sc5ccccc5c4c3)cn2)cc1. The lowest BCUT2D eigenvalue weighted by Gasteiger charge is -2.00. The van der Waals surface area contributed by atoms with Gasteiger partial charge in [-0.05, 0) is 35.9 Å². The van der Waals surface area contributed by atoms with Crippen molar-refractivity contribution >= 4 is 31.5 Å². The second kappa shape index (κ2) is 5.32. The van der Waals surface area contributed by atoms with Gasteiger partial charge < -0.3 is 0 Å². The van der Waals surface area contributed by atoms with Crippen molar-refractivity contribution in [2.45, 2.75) is 0 Å². The van der Waals surface area contributed by atoms with E-state index in [9.17, 15) is 0 Å². The van der Waals surface area contributed by atoms with E-state index in [0.717, 1.165) is 11.3 Å². The highest BCUT2D eigenvalue weighted by molar-refractivity contribution is 7.25. The fourth-order valence-electron chi connectivity index (χ4n) is 3.10. The molecule has 0 spiro atoms. The van der Waals surface area contributed by atoms with Gasteiger partial charge in [0.25, 0.3) is 0 Å². The first-order valence-electron chi connectivity index (χ1n) is 7.90. The Balaban J connectivity index is 1.64. The molecule has 114 valence electrons. The van der Waals surface area contributed by atoms with Crippen molar-refractivity contribution in [3.05, 3.63) is 85.2 Å². The van der Waals surface area contributed by atoms with Gasteiger partial charge in [-0.3, -0.25) is 0 Å². The number of hydrogen-bond donors (Lipinski definition) is 0. The van der Waals surface area contributed by atoms with Crippen LogP contribution in [0.1, 0.15) is 0 Å². The van der Waals surface area contributed by atoms with Crippen LogP contribution < -0.4 is 0 Å². The Morgan fingerprint density at radius 1 is 0.708 bits per heavy atom. The van der Waals surface area contributed by atoms with Crippen LogP contribution in [0.5, 0.6) is 0 Å². The highest BCUT2D eigenvalue weighted by Crippen LogP contribution is 2.36. The van der Waals surface area contributed by atoms with Crippen LogP contribution >= 0.6 is 11.3 Å². The number of nitrogens with zero attached hydrogens (tertiary/aromatic N) is 2. The number of rotatable bonds is 2. The standard InChI is InChI=1S/C21H14N2S/c1-2-6-17(7-3-1)23-14-16(13-22-23)15-10-11-21-19(12-15)18-8-4-5-9-20(18)24-21/h1-14H. The molecule has 0 saturated heterocycles. The zero-order valence-corrected chi connectivity index (χ0v) is 13.7. The maximum absolute atomic E-state index is 4.51. The van der Waals surface area contributed by atoms with Crippen LogP contribution in [0.4, 0.5) is 0 Å². The summed E-state index contributed by atoms with van der Waals surface area (Å²) in [6.07, 6.45) is 4.02. The van der Waals surface area contributed by atoms with Crippen LogP contribution in [0.3, 0.4) is 0 Å². The van der Waals surface area contributed by atoms with Gasteiger partial charge in [-0.2, -0.15) is 5.10 Å². The largest absolute Gasteiger partial charge is 0.240 e. The highest BCUT2D eigenvalue weighted by atomic mass is 32.1. The lowest BCUT2D eigenvalue weighted by molar-refractivity contribution is 0.881. The van der Waals surface area contributed by atoms with Crippen molar-refractivity contribution in [3.8, 4) is 16.8 Å². The van der Waals surface area contributed by atoms with Gasteiger partial charge in [0.15, 0.2) is 0 Å². The lowest BCUT2D eigenvalue weighted by Crippen LogP contribution is -1.92. The van der Waals surface area contributed by atoms with Gasteiger partial charge in [-0.15, -0.1) is 11.3 Å². The van der Waals surface area contributed by atoms with Crippen molar-refractivity contribution in [1.82, 2.24) is 9.78 Å². The Morgan fingerprint density at radius 3 is 2.42 bits per heavy atom. The molecule has 5 aromatic rings. The molecule has 0 bridgehead atoms. The van der Waals surface area contributed by atoms with Gasteiger partial charge in [0, 0.05) is 31.9 Å². The van der Waals surface area contributed by atoms with E-state index in [0.29, 0.717) is 0 Å². The molecule has 2 nitrogen and oxygen atoms in total. The maximum Gasteiger partial charge on any atom is 0.0645 e. The third kappa shape index (κ3) is 2.14. The third-order valence-corrected chi connectivity index (χ3v) is 5.47. The fourth-order valence-corrected chi connectivity index (χ4v) is 4.19. The molecule has 0 N–H and O–H groups in total. The minimum Gasteiger partial charge on any atom is -0.240 e. The van der Waals surface area contributed by atoms with Gasteiger partial charge in [0.1, 0.15) is 0 Å². The first-order valence-corrected chi connectivity index (χ1v) is 8.72. The van der Waals surface area contributed by atoms with Crippen molar-refractivity contribution in [3.63, 3.8) is 0 Å². The minimum absolute atomic E-state index is 1.07. The second-order valence-electron chi connectivity index (χ2n) is 5.82. The summed E-state index contributed by atoms with van der Waals surface area (Å²) >= 11 is 1.85. The number of hydrogen-bond acceptors (Lipinski definition) is 2. The van der Waals surface area contributed by atoms with Gasteiger partial charge in [-0.25, -0.2) is 4.68 Å². The molecule has 3 aromatic carbocycles. The van der Waals surface area contributed by atoms with Gasteiger partial charge in [-0.1, -0.05) is 42.5 Å². The monoisotopic (exact) mass is 326 g/mol. The molecule has 0 aliphatic carbocycles. The molecule has 0 aliphatic rings.